The zero-order valence-electron chi connectivity index (χ0n) is 15.3. The van der Waals surface area contributed by atoms with Gasteiger partial charge in [-0.05, 0) is 25.1 Å². The Morgan fingerprint density at radius 2 is 1.76 bits per heavy atom. The molecule has 0 bridgehead atoms. The number of halogens is 2. The summed E-state index contributed by atoms with van der Waals surface area (Å²) in [7, 11) is 0. The highest BCUT2D eigenvalue weighted by Gasteiger charge is 2.14. The summed E-state index contributed by atoms with van der Waals surface area (Å²) in [5.74, 6) is 0.851. The van der Waals surface area contributed by atoms with Crippen LogP contribution in [0.2, 0.25) is 5.02 Å². The van der Waals surface area contributed by atoms with Gasteiger partial charge in [0.25, 0.3) is 0 Å². The smallest absolute Gasteiger partial charge is 0.191 e. The minimum Gasteiger partial charge on any atom is -0.357 e. The molecule has 2 rings (SSSR count). The Bertz CT molecular complexity index is 518. The van der Waals surface area contributed by atoms with E-state index in [4.69, 9.17) is 11.6 Å². The van der Waals surface area contributed by atoms with Crippen molar-refractivity contribution < 1.29 is 0 Å². The van der Waals surface area contributed by atoms with Gasteiger partial charge in [0.15, 0.2) is 5.96 Å². The van der Waals surface area contributed by atoms with Crippen molar-refractivity contribution in [3.8, 4) is 0 Å². The minimum absolute atomic E-state index is 0. The molecule has 1 aliphatic rings. The lowest BCUT2D eigenvalue weighted by Gasteiger charge is -2.34. The lowest BCUT2D eigenvalue weighted by molar-refractivity contribution is 0.139. The molecule has 2 N–H and O–H groups in total. The van der Waals surface area contributed by atoms with Gasteiger partial charge in [0.05, 0.1) is 6.54 Å². The summed E-state index contributed by atoms with van der Waals surface area (Å²) in [6, 6.07) is 7.86. The molecular formula is C18H31ClIN5. The van der Waals surface area contributed by atoms with E-state index in [9.17, 15) is 0 Å². The average Bonchev–Trinajstić information content (AvgIpc) is 2.61. The van der Waals surface area contributed by atoms with Gasteiger partial charge in [0.1, 0.15) is 0 Å². The van der Waals surface area contributed by atoms with Crippen LogP contribution in [0.3, 0.4) is 0 Å². The van der Waals surface area contributed by atoms with E-state index in [1.807, 2.05) is 24.3 Å². The van der Waals surface area contributed by atoms with Crippen molar-refractivity contribution in [2.24, 2.45) is 4.99 Å². The van der Waals surface area contributed by atoms with E-state index in [-0.39, 0.29) is 24.0 Å². The van der Waals surface area contributed by atoms with Gasteiger partial charge >= 0.3 is 0 Å². The van der Waals surface area contributed by atoms with Crippen molar-refractivity contribution in [2.75, 3.05) is 52.4 Å². The molecule has 7 heteroatoms. The second kappa shape index (κ2) is 12.7. The monoisotopic (exact) mass is 479 g/mol. The summed E-state index contributed by atoms with van der Waals surface area (Å²) in [6.45, 7) is 13.5. The Balaban J connectivity index is 0.00000312. The first-order chi connectivity index (χ1) is 11.7. The lowest BCUT2D eigenvalue weighted by Crippen LogP contribution is -2.49. The predicted octanol–water partition coefficient (Wildman–Crippen LogP) is 2.65. The molecule has 5 nitrogen and oxygen atoms in total. The molecule has 1 aromatic rings. The molecule has 1 aliphatic heterocycles. The van der Waals surface area contributed by atoms with E-state index in [2.05, 4.69) is 39.3 Å². The SMILES string of the molecule is CCNC(=NCc1ccccc1Cl)NCCN1CCN(CC)CC1.I. The third-order valence-electron chi connectivity index (χ3n) is 4.34. The fraction of sp³-hybridized carbons (Fsp3) is 0.611. The molecule has 0 unspecified atom stereocenters. The van der Waals surface area contributed by atoms with Crippen LogP contribution in [0, 0.1) is 0 Å². The zero-order chi connectivity index (χ0) is 17.2. The Morgan fingerprint density at radius 3 is 2.40 bits per heavy atom. The number of benzene rings is 1. The summed E-state index contributed by atoms with van der Waals surface area (Å²) in [4.78, 5) is 9.65. The average molecular weight is 480 g/mol. The maximum atomic E-state index is 6.19. The van der Waals surface area contributed by atoms with Gasteiger partial charge in [-0.2, -0.15) is 0 Å². The molecule has 0 aromatic heterocycles. The van der Waals surface area contributed by atoms with Crippen molar-refractivity contribution in [3.63, 3.8) is 0 Å². The zero-order valence-corrected chi connectivity index (χ0v) is 18.4. The van der Waals surface area contributed by atoms with Crippen LogP contribution in [-0.2, 0) is 6.54 Å². The van der Waals surface area contributed by atoms with Gasteiger partial charge in [-0.1, -0.05) is 36.7 Å². The highest BCUT2D eigenvalue weighted by atomic mass is 127. The molecule has 0 atom stereocenters. The van der Waals surface area contributed by atoms with E-state index in [0.717, 1.165) is 55.8 Å². The molecule has 1 saturated heterocycles. The number of hydrogen-bond donors (Lipinski definition) is 2. The third kappa shape index (κ3) is 8.11. The van der Waals surface area contributed by atoms with E-state index < -0.39 is 0 Å². The first-order valence-corrected chi connectivity index (χ1v) is 9.31. The molecule has 1 aromatic carbocycles. The van der Waals surface area contributed by atoms with Crippen LogP contribution in [0.1, 0.15) is 19.4 Å². The van der Waals surface area contributed by atoms with Crippen molar-refractivity contribution in [1.29, 1.82) is 0 Å². The summed E-state index contributed by atoms with van der Waals surface area (Å²) >= 11 is 6.19. The van der Waals surface area contributed by atoms with Crippen LogP contribution in [-0.4, -0.2) is 68.1 Å². The van der Waals surface area contributed by atoms with Gasteiger partial charge in [-0.3, -0.25) is 4.90 Å². The molecule has 0 spiro atoms. The molecule has 1 fully saturated rings. The number of hydrogen-bond acceptors (Lipinski definition) is 3. The topological polar surface area (TPSA) is 42.9 Å². The van der Waals surface area contributed by atoms with Crippen molar-refractivity contribution in [2.45, 2.75) is 20.4 Å². The number of rotatable bonds is 7. The standard InChI is InChI=1S/C18H30ClN5.HI/c1-3-20-18(22-15-16-7-5-6-8-17(16)19)21-9-10-24-13-11-23(4-2)12-14-24;/h5-8H,3-4,9-15H2,1-2H3,(H2,20,21,22);1H. The number of likely N-dealkylation sites (N-methyl/N-ethyl adjacent to an activating group) is 1. The largest absolute Gasteiger partial charge is 0.357 e. The predicted molar refractivity (Wildman–Crippen MR) is 118 cm³/mol. The van der Waals surface area contributed by atoms with Crippen molar-refractivity contribution >= 4 is 41.5 Å². The van der Waals surface area contributed by atoms with Crippen molar-refractivity contribution in [3.05, 3.63) is 34.9 Å². The molecule has 0 saturated carbocycles. The summed E-state index contributed by atoms with van der Waals surface area (Å²) < 4.78 is 0. The van der Waals surface area contributed by atoms with E-state index in [1.165, 1.54) is 13.1 Å². The van der Waals surface area contributed by atoms with Crippen LogP contribution >= 0.6 is 35.6 Å². The molecule has 142 valence electrons. The number of nitrogens with zero attached hydrogens (tertiary/aromatic N) is 3. The lowest BCUT2D eigenvalue weighted by atomic mass is 10.2. The summed E-state index contributed by atoms with van der Waals surface area (Å²) in [5, 5.41) is 7.49. The highest BCUT2D eigenvalue weighted by Crippen LogP contribution is 2.15. The van der Waals surface area contributed by atoms with E-state index in [1.54, 1.807) is 0 Å². The van der Waals surface area contributed by atoms with Crippen molar-refractivity contribution in [1.82, 2.24) is 20.4 Å². The maximum Gasteiger partial charge on any atom is 0.191 e. The Kier molecular flexibility index (Phi) is 11.4. The number of nitrogens with one attached hydrogen (secondary N) is 2. The van der Waals surface area contributed by atoms with Gasteiger partial charge in [0, 0.05) is 50.8 Å². The summed E-state index contributed by atoms with van der Waals surface area (Å²) in [6.07, 6.45) is 0. The van der Waals surface area contributed by atoms with Crippen LogP contribution in [0.5, 0.6) is 0 Å². The Morgan fingerprint density at radius 1 is 1.08 bits per heavy atom. The number of piperazine rings is 1. The van der Waals surface area contributed by atoms with Crippen LogP contribution in [0.15, 0.2) is 29.3 Å². The molecule has 1 heterocycles. The second-order valence-electron chi connectivity index (χ2n) is 5.99. The van der Waals surface area contributed by atoms with Gasteiger partial charge < -0.3 is 15.5 Å². The fourth-order valence-electron chi connectivity index (χ4n) is 2.79. The van der Waals surface area contributed by atoms with E-state index in [0.29, 0.717) is 6.54 Å². The Labute approximate surface area is 174 Å². The molecule has 25 heavy (non-hydrogen) atoms. The maximum absolute atomic E-state index is 6.19. The quantitative estimate of drug-likeness (QED) is 0.358. The van der Waals surface area contributed by atoms with Gasteiger partial charge in [-0.15, -0.1) is 24.0 Å². The van der Waals surface area contributed by atoms with E-state index >= 15 is 0 Å². The number of guanidine groups is 1. The van der Waals surface area contributed by atoms with Gasteiger partial charge in [-0.25, -0.2) is 4.99 Å². The van der Waals surface area contributed by atoms with Gasteiger partial charge in [0.2, 0.25) is 0 Å². The minimum atomic E-state index is 0. The molecular weight excluding hydrogens is 449 g/mol. The molecule has 0 amide bonds. The Hall–Kier alpha value is -0.570. The normalized spacial score (nSPS) is 16.4. The van der Waals surface area contributed by atoms with Crippen LogP contribution in [0.4, 0.5) is 0 Å². The molecule has 0 radical (unpaired) electrons. The first-order valence-electron chi connectivity index (χ1n) is 8.93. The third-order valence-corrected chi connectivity index (χ3v) is 4.71. The van der Waals surface area contributed by atoms with Crippen LogP contribution < -0.4 is 10.6 Å². The molecule has 0 aliphatic carbocycles. The van der Waals surface area contributed by atoms with Crippen LogP contribution in [0.25, 0.3) is 0 Å². The first kappa shape index (κ1) is 22.5. The summed E-state index contributed by atoms with van der Waals surface area (Å²) in [5.41, 5.74) is 1.05. The fourth-order valence-corrected chi connectivity index (χ4v) is 2.99. The number of aliphatic imine (C=N–C) groups is 1. The second-order valence-corrected chi connectivity index (χ2v) is 6.40. The highest BCUT2D eigenvalue weighted by molar-refractivity contribution is 14.0.